The molecule has 0 unspecified atom stereocenters. The summed E-state index contributed by atoms with van der Waals surface area (Å²) in [5.41, 5.74) is 0.558. The summed E-state index contributed by atoms with van der Waals surface area (Å²) in [6.45, 7) is 1.55. The first-order chi connectivity index (χ1) is 10.1. The van der Waals surface area contributed by atoms with E-state index in [1.165, 1.54) is 18.2 Å². The van der Waals surface area contributed by atoms with Gasteiger partial charge in [-0.05, 0) is 31.2 Å². The number of aliphatic hydroxyl groups excluding tert-OH is 1. The van der Waals surface area contributed by atoms with Gasteiger partial charge in [-0.2, -0.15) is 10.5 Å². The predicted octanol–water partition coefficient (Wildman–Crippen LogP) is 3.41. The Morgan fingerprint density at radius 2 is 1.90 bits per heavy atom. The quantitative estimate of drug-likeness (QED) is 0.935. The molecule has 0 radical (unpaired) electrons. The molecule has 0 amide bonds. The molecule has 2 rings (SSSR count). The third kappa shape index (κ3) is 3.00. The van der Waals surface area contributed by atoms with Crippen LogP contribution in [0.25, 0.3) is 0 Å². The third-order valence-corrected chi connectivity index (χ3v) is 2.90. The van der Waals surface area contributed by atoms with Gasteiger partial charge >= 0.3 is 0 Å². The first-order valence-electron chi connectivity index (χ1n) is 6.15. The van der Waals surface area contributed by atoms with Gasteiger partial charge < -0.3 is 9.84 Å². The van der Waals surface area contributed by atoms with Crippen LogP contribution in [-0.2, 0) is 0 Å². The van der Waals surface area contributed by atoms with Gasteiger partial charge in [0.1, 0.15) is 28.9 Å². The van der Waals surface area contributed by atoms with E-state index in [4.69, 9.17) is 15.3 Å². The van der Waals surface area contributed by atoms with Gasteiger partial charge in [-0.15, -0.1) is 0 Å². The van der Waals surface area contributed by atoms with Crippen molar-refractivity contribution in [3.8, 4) is 23.6 Å². The molecule has 4 nitrogen and oxygen atoms in total. The van der Waals surface area contributed by atoms with Crippen molar-refractivity contribution in [1.29, 1.82) is 10.5 Å². The number of rotatable bonds is 3. The zero-order valence-corrected chi connectivity index (χ0v) is 11.2. The lowest BCUT2D eigenvalue weighted by atomic mass is 10.1. The topological polar surface area (TPSA) is 77.0 Å². The summed E-state index contributed by atoms with van der Waals surface area (Å²) in [6.07, 6.45) is -0.827. The maximum Gasteiger partial charge on any atom is 0.148 e. The minimum atomic E-state index is -0.827. The van der Waals surface area contributed by atoms with E-state index < -0.39 is 11.9 Å². The monoisotopic (exact) mass is 282 g/mol. The molecule has 0 aromatic heterocycles. The zero-order chi connectivity index (χ0) is 15.4. The van der Waals surface area contributed by atoms with Crippen molar-refractivity contribution in [3.05, 3.63) is 58.9 Å². The summed E-state index contributed by atoms with van der Waals surface area (Å²) in [5.74, 6) is -0.439. The van der Waals surface area contributed by atoms with Gasteiger partial charge in [-0.25, -0.2) is 4.39 Å². The van der Waals surface area contributed by atoms with Crippen molar-refractivity contribution in [3.63, 3.8) is 0 Å². The molecule has 0 aliphatic heterocycles. The van der Waals surface area contributed by atoms with Crippen LogP contribution >= 0.6 is 0 Å². The Bertz CT molecular complexity index is 758. The molecule has 21 heavy (non-hydrogen) atoms. The number of ether oxygens (including phenoxy) is 1. The molecule has 0 saturated heterocycles. The van der Waals surface area contributed by atoms with Crippen LogP contribution < -0.4 is 4.74 Å². The Labute approximate surface area is 121 Å². The smallest absolute Gasteiger partial charge is 0.148 e. The molecule has 2 aromatic rings. The van der Waals surface area contributed by atoms with Crippen LogP contribution in [0.15, 0.2) is 36.4 Å². The van der Waals surface area contributed by atoms with Crippen molar-refractivity contribution in [2.45, 2.75) is 13.0 Å². The second-order valence-corrected chi connectivity index (χ2v) is 4.37. The molecule has 0 aliphatic carbocycles. The second kappa shape index (κ2) is 6.04. The highest BCUT2D eigenvalue weighted by Gasteiger charge is 2.15. The van der Waals surface area contributed by atoms with Crippen LogP contribution in [0.2, 0.25) is 0 Å². The second-order valence-electron chi connectivity index (χ2n) is 4.37. The van der Waals surface area contributed by atoms with E-state index in [-0.39, 0.29) is 17.1 Å². The van der Waals surface area contributed by atoms with Crippen molar-refractivity contribution >= 4 is 0 Å². The van der Waals surface area contributed by atoms with Crippen LogP contribution in [0.4, 0.5) is 4.39 Å². The lowest BCUT2D eigenvalue weighted by Crippen LogP contribution is -1.98. The highest BCUT2D eigenvalue weighted by molar-refractivity contribution is 5.50. The van der Waals surface area contributed by atoms with Crippen molar-refractivity contribution in [2.75, 3.05) is 0 Å². The van der Waals surface area contributed by atoms with Gasteiger partial charge in [0.15, 0.2) is 0 Å². The van der Waals surface area contributed by atoms with Crippen LogP contribution in [0, 0.1) is 28.5 Å². The molecule has 0 fully saturated rings. The van der Waals surface area contributed by atoms with E-state index in [0.29, 0.717) is 11.1 Å². The molecule has 0 heterocycles. The van der Waals surface area contributed by atoms with Gasteiger partial charge in [0.05, 0.1) is 17.7 Å². The number of aliphatic hydroxyl groups is 1. The average molecular weight is 282 g/mol. The molecule has 2 aromatic carbocycles. The normalized spacial score (nSPS) is 11.3. The average Bonchev–Trinajstić information content (AvgIpc) is 2.47. The number of nitriles is 2. The first-order valence-corrected chi connectivity index (χ1v) is 6.15. The van der Waals surface area contributed by atoms with E-state index in [0.717, 1.165) is 6.07 Å². The summed E-state index contributed by atoms with van der Waals surface area (Å²) in [4.78, 5) is 0. The first kappa shape index (κ1) is 14.5. The van der Waals surface area contributed by atoms with E-state index in [2.05, 4.69) is 0 Å². The molecule has 0 spiro atoms. The molecular weight excluding hydrogens is 271 g/mol. The molecule has 104 valence electrons. The summed E-state index contributed by atoms with van der Waals surface area (Å²) in [7, 11) is 0. The maximum atomic E-state index is 13.6. The van der Waals surface area contributed by atoms with Gasteiger partial charge in [0.25, 0.3) is 0 Å². The van der Waals surface area contributed by atoms with Crippen molar-refractivity contribution in [2.24, 2.45) is 0 Å². The predicted molar refractivity (Wildman–Crippen MR) is 73.0 cm³/mol. The molecule has 0 aliphatic rings. The third-order valence-electron chi connectivity index (χ3n) is 2.90. The Balaban J connectivity index is 2.52. The van der Waals surface area contributed by atoms with Gasteiger partial charge in [0.2, 0.25) is 0 Å². The summed E-state index contributed by atoms with van der Waals surface area (Å²) in [5, 5.41) is 27.6. The summed E-state index contributed by atoms with van der Waals surface area (Å²) >= 11 is 0. The Morgan fingerprint density at radius 1 is 1.14 bits per heavy atom. The molecular formula is C16H11FN2O2. The Morgan fingerprint density at radius 3 is 2.52 bits per heavy atom. The zero-order valence-electron chi connectivity index (χ0n) is 11.2. The van der Waals surface area contributed by atoms with E-state index in [1.54, 1.807) is 25.1 Å². The Kier molecular flexibility index (Phi) is 4.18. The molecule has 0 saturated carbocycles. The number of hydrogen-bond donors (Lipinski definition) is 1. The minimum absolute atomic E-state index is 0.0366. The summed E-state index contributed by atoms with van der Waals surface area (Å²) in [6, 6.07) is 12.3. The number of halogens is 1. The minimum Gasteiger partial charge on any atom is -0.455 e. The SMILES string of the molecule is C[C@@H](O)c1ccc(C#N)cc1Oc1cccc(F)c1C#N. The number of hydrogen-bond acceptors (Lipinski definition) is 4. The molecule has 1 atom stereocenters. The lowest BCUT2D eigenvalue weighted by molar-refractivity contribution is 0.195. The summed E-state index contributed by atoms with van der Waals surface area (Å²) < 4.78 is 19.1. The largest absolute Gasteiger partial charge is 0.455 e. The van der Waals surface area contributed by atoms with Crippen molar-refractivity contribution in [1.82, 2.24) is 0 Å². The fourth-order valence-corrected chi connectivity index (χ4v) is 1.85. The van der Waals surface area contributed by atoms with Gasteiger partial charge in [-0.3, -0.25) is 0 Å². The van der Waals surface area contributed by atoms with Crippen molar-refractivity contribution < 1.29 is 14.2 Å². The van der Waals surface area contributed by atoms with Crippen LogP contribution in [0.5, 0.6) is 11.5 Å². The maximum absolute atomic E-state index is 13.6. The van der Waals surface area contributed by atoms with Crippen LogP contribution in [0.3, 0.4) is 0 Å². The van der Waals surface area contributed by atoms with Crippen LogP contribution in [0.1, 0.15) is 29.7 Å². The Hall–Kier alpha value is -2.89. The van der Waals surface area contributed by atoms with Crippen LogP contribution in [-0.4, -0.2) is 5.11 Å². The lowest BCUT2D eigenvalue weighted by Gasteiger charge is -2.14. The van der Waals surface area contributed by atoms with Gasteiger partial charge in [0, 0.05) is 5.56 Å². The van der Waals surface area contributed by atoms with Gasteiger partial charge in [-0.1, -0.05) is 12.1 Å². The number of benzene rings is 2. The standard InChI is InChI=1S/C16H11FN2O2/c1-10(20)12-6-5-11(8-18)7-16(12)21-15-4-2-3-14(17)13(15)9-19/h2-7,10,20H,1H3/t10-/m1/s1. The number of nitrogens with zero attached hydrogens (tertiary/aromatic N) is 2. The fourth-order valence-electron chi connectivity index (χ4n) is 1.85. The van der Waals surface area contributed by atoms with E-state index in [9.17, 15) is 9.50 Å². The molecule has 5 heteroatoms. The molecule has 0 bridgehead atoms. The fraction of sp³-hybridized carbons (Fsp3) is 0.125. The highest BCUT2D eigenvalue weighted by Crippen LogP contribution is 2.32. The molecule has 1 N–H and O–H groups in total. The highest BCUT2D eigenvalue weighted by atomic mass is 19.1. The van der Waals surface area contributed by atoms with E-state index >= 15 is 0 Å². The van der Waals surface area contributed by atoms with E-state index in [1.807, 2.05) is 6.07 Å².